The van der Waals surface area contributed by atoms with E-state index in [2.05, 4.69) is 79.9 Å². The second kappa shape index (κ2) is 11.2. The van der Waals surface area contributed by atoms with E-state index in [0.717, 1.165) is 55.5 Å². The summed E-state index contributed by atoms with van der Waals surface area (Å²) in [6.45, 7) is 4.26. The molecule has 1 saturated heterocycles. The summed E-state index contributed by atoms with van der Waals surface area (Å²) in [5.41, 5.74) is 3.51. The zero-order valence-corrected chi connectivity index (χ0v) is 20.8. The maximum absolute atomic E-state index is 5.80. The van der Waals surface area contributed by atoms with Crippen LogP contribution < -0.4 is 14.4 Å². The Bertz CT molecular complexity index is 1240. The van der Waals surface area contributed by atoms with Gasteiger partial charge in [0.2, 0.25) is 0 Å². The Morgan fingerprint density at radius 1 is 0.833 bits per heavy atom. The van der Waals surface area contributed by atoms with Crippen molar-refractivity contribution in [2.75, 3.05) is 45.3 Å². The molecule has 1 aliphatic rings. The Balaban J connectivity index is 1.46. The second-order valence-corrected chi connectivity index (χ2v) is 8.86. The molecule has 0 N–H and O–H groups in total. The summed E-state index contributed by atoms with van der Waals surface area (Å²) in [7, 11) is 3.39. The molecule has 8 heteroatoms. The number of aromatic nitrogens is 4. The molecule has 1 fully saturated rings. The van der Waals surface area contributed by atoms with Crippen LogP contribution in [0.1, 0.15) is 23.0 Å². The molecule has 4 aromatic rings. The lowest BCUT2D eigenvalue weighted by atomic mass is 10.0. The van der Waals surface area contributed by atoms with Crippen molar-refractivity contribution >= 4 is 5.69 Å². The van der Waals surface area contributed by atoms with Crippen molar-refractivity contribution in [3.05, 3.63) is 95.8 Å². The molecular weight excluding hydrogens is 452 g/mol. The van der Waals surface area contributed by atoms with Gasteiger partial charge in [-0.25, -0.2) is 4.68 Å². The number of hydrogen-bond donors (Lipinski definition) is 0. The number of para-hydroxylation sites is 1. The summed E-state index contributed by atoms with van der Waals surface area (Å²) in [4.78, 5) is 4.87. The minimum Gasteiger partial charge on any atom is -0.497 e. The van der Waals surface area contributed by atoms with Gasteiger partial charge in [-0.05, 0) is 52.7 Å². The van der Waals surface area contributed by atoms with Crippen molar-refractivity contribution in [1.29, 1.82) is 0 Å². The summed E-state index contributed by atoms with van der Waals surface area (Å²) in [5.74, 6) is 2.39. The number of nitrogens with zero attached hydrogens (tertiary/aromatic N) is 6. The lowest BCUT2D eigenvalue weighted by molar-refractivity contribution is 0.197. The van der Waals surface area contributed by atoms with Crippen molar-refractivity contribution < 1.29 is 9.47 Å². The van der Waals surface area contributed by atoms with E-state index in [-0.39, 0.29) is 6.04 Å². The maximum Gasteiger partial charge on any atom is 0.173 e. The van der Waals surface area contributed by atoms with Gasteiger partial charge >= 0.3 is 0 Å². The molecular formula is C28H32N6O2. The molecule has 0 amide bonds. The fraction of sp³-hybridized carbons (Fsp3) is 0.321. The SMILES string of the molecule is COc1ccc(OC)c([C@@H](c2nnnn2CCc2ccccc2)N2CCN(c3ccccc3)CC2)c1. The highest BCUT2D eigenvalue weighted by atomic mass is 16.5. The summed E-state index contributed by atoms with van der Waals surface area (Å²) >= 11 is 0. The fourth-order valence-corrected chi connectivity index (χ4v) is 4.88. The van der Waals surface area contributed by atoms with Crippen LogP contribution in [0.25, 0.3) is 0 Å². The molecule has 0 radical (unpaired) electrons. The molecule has 0 unspecified atom stereocenters. The van der Waals surface area contributed by atoms with E-state index in [1.54, 1.807) is 14.2 Å². The first-order valence-corrected chi connectivity index (χ1v) is 12.3. The number of ether oxygens (including phenoxy) is 2. The van der Waals surface area contributed by atoms with Crippen LogP contribution in [-0.4, -0.2) is 65.5 Å². The first-order chi connectivity index (χ1) is 17.8. The van der Waals surface area contributed by atoms with E-state index >= 15 is 0 Å². The highest BCUT2D eigenvalue weighted by molar-refractivity contribution is 5.47. The van der Waals surface area contributed by atoms with Crippen LogP contribution in [0, 0.1) is 0 Å². The van der Waals surface area contributed by atoms with Crippen LogP contribution >= 0.6 is 0 Å². The van der Waals surface area contributed by atoms with E-state index in [1.165, 1.54) is 11.3 Å². The van der Waals surface area contributed by atoms with Crippen molar-refractivity contribution in [3.8, 4) is 11.5 Å². The number of hydrogen-bond acceptors (Lipinski definition) is 7. The zero-order valence-electron chi connectivity index (χ0n) is 20.8. The number of aryl methyl sites for hydroxylation is 2. The van der Waals surface area contributed by atoms with Gasteiger partial charge in [0.1, 0.15) is 17.5 Å². The highest BCUT2D eigenvalue weighted by Crippen LogP contribution is 2.37. The van der Waals surface area contributed by atoms with Gasteiger partial charge in [0.05, 0.1) is 14.2 Å². The van der Waals surface area contributed by atoms with Crippen LogP contribution in [0.5, 0.6) is 11.5 Å². The Morgan fingerprint density at radius 3 is 2.25 bits per heavy atom. The second-order valence-electron chi connectivity index (χ2n) is 8.86. The fourth-order valence-electron chi connectivity index (χ4n) is 4.88. The molecule has 1 atom stereocenters. The molecule has 8 nitrogen and oxygen atoms in total. The normalized spacial score (nSPS) is 15.0. The van der Waals surface area contributed by atoms with E-state index in [0.29, 0.717) is 6.54 Å². The van der Waals surface area contributed by atoms with Gasteiger partial charge in [0.25, 0.3) is 0 Å². The van der Waals surface area contributed by atoms with Crippen molar-refractivity contribution in [3.63, 3.8) is 0 Å². The molecule has 1 aromatic heterocycles. The smallest absolute Gasteiger partial charge is 0.173 e. The third-order valence-corrected chi connectivity index (χ3v) is 6.79. The van der Waals surface area contributed by atoms with Gasteiger partial charge in [0, 0.05) is 44.0 Å². The number of piperazine rings is 1. The van der Waals surface area contributed by atoms with Crippen molar-refractivity contribution in [1.82, 2.24) is 25.1 Å². The van der Waals surface area contributed by atoms with Crippen molar-refractivity contribution in [2.45, 2.75) is 19.0 Å². The Labute approximate surface area is 212 Å². The molecule has 5 rings (SSSR count). The largest absolute Gasteiger partial charge is 0.497 e. The zero-order chi connectivity index (χ0) is 24.7. The average Bonchev–Trinajstić information content (AvgIpc) is 3.41. The van der Waals surface area contributed by atoms with Crippen LogP contribution in [-0.2, 0) is 13.0 Å². The highest BCUT2D eigenvalue weighted by Gasteiger charge is 2.33. The summed E-state index contributed by atoms with van der Waals surface area (Å²) in [6.07, 6.45) is 0.850. The predicted molar refractivity (Wildman–Crippen MR) is 140 cm³/mol. The van der Waals surface area contributed by atoms with Gasteiger partial charge in [-0.1, -0.05) is 48.5 Å². The van der Waals surface area contributed by atoms with E-state index in [9.17, 15) is 0 Å². The molecule has 0 aliphatic carbocycles. The minimum absolute atomic E-state index is 0.168. The lowest BCUT2D eigenvalue weighted by Gasteiger charge is -2.40. The Hall–Kier alpha value is -3.91. The van der Waals surface area contributed by atoms with Gasteiger partial charge < -0.3 is 14.4 Å². The van der Waals surface area contributed by atoms with E-state index < -0.39 is 0 Å². The number of benzene rings is 3. The molecule has 1 aliphatic heterocycles. The average molecular weight is 485 g/mol. The Kier molecular flexibility index (Phi) is 7.42. The number of methoxy groups -OCH3 is 2. The van der Waals surface area contributed by atoms with Crippen LogP contribution in [0.15, 0.2) is 78.9 Å². The Morgan fingerprint density at radius 2 is 1.56 bits per heavy atom. The molecule has 0 saturated carbocycles. The molecule has 0 spiro atoms. The summed E-state index contributed by atoms with van der Waals surface area (Å²) in [6, 6.07) is 26.8. The third-order valence-electron chi connectivity index (χ3n) is 6.79. The quantitative estimate of drug-likeness (QED) is 0.358. The summed E-state index contributed by atoms with van der Waals surface area (Å²) in [5, 5.41) is 13.0. The first kappa shape index (κ1) is 23.8. The van der Waals surface area contributed by atoms with Crippen LogP contribution in [0.3, 0.4) is 0 Å². The standard InChI is InChI=1S/C28H32N6O2/c1-35-24-13-14-26(36-2)25(21-24)27(33-19-17-32(18-20-33)23-11-7-4-8-12-23)28-29-30-31-34(28)16-15-22-9-5-3-6-10-22/h3-14,21,27H,15-20H2,1-2H3/t27-/m0/s1. The maximum atomic E-state index is 5.80. The molecule has 36 heavy (non-hydrogen) atoms. The number of rotatable bonds is 9. The summed E-state index contributed by atoms with van der Waals surface area (Å²) < 4.78 is 13.3. The topological polar surface area (TPSA) is 68.5 Å². The molecule has 186 valence electrons. The molecule has 2 heterocycles. The van der Waals surface area contributed by atoms with Crippen molar-refractivity contribution in [2.24, 2.45) is 0 Å². The molecule has 0 bridgehead atoms. The monoisotopic (exact) mass is 484 g/mol. The van der Waals surface area contributed by atoms with Gasteiger partial charge in [-0.3, -0.25) is 4.90 Å². The third kappa shape index (κ3) is 5.18. The predicted octanol–water partition coefficient (Wildman–Crippen LogP) is 3.84. The lowest BCUT2D eigenvalue weighted by Crippen LogP contribution is -2.48. The van der Waals surface area contributed by atoms with E-state index in [1.807, 2.05) is 28.9 Å². The first-order valence-electron chi connectivity index (χ1n) is 12.3. The number of tetrazole rings is 1. The van der Waals surface area contributed by atoms with E-state index in [4.69, 9.17) is 9.47 Å². The minimum atomic E-state index is -0.168. The van der Waals surface area contributed by atoms with Crippen LogP contribution in [0.2, 0.25) is 0 Å². The van der Waals surface area contributed by atoms with Gasteiger partial charge in [-0.2, -0.15) is 0 Å². The molecule has 3 aromatic carbocycles. The van der Waals surface area contributed by atoms with Gasteiger partial charge in [0.15, 0.2) is 5.82 Å². The van der Waals surface area contributed by atoms with Crippen LogP contribution in [0.4, 0.5) is 5.69 Å². The number of anilines is 1. The van der Waals surface area contributed by atoms with Gasteiger partial charge in [-0.15, -0.1) is 5.10 Å².